The largest absolute Gasteiger partial charge is 0.481 e. The third-order valence-electron chi connectivity index (χ3n) is 6.71. The van der Waals surface area contributed by atoms with E-state index in [-0.39, 0.29) is 0 Å². The van der Waals surface area contributed by atoms with Crippen LogP contribution in [0.3, 0.4) is 0 Å². The summed E-state index contributed by atoms with van der Waals surface area (Å²) < 4.78 is 0. The molecule has 0 saturated carbocycles. The fraction of sp³-hybridized carbons (Fsp3) is 0.897. The smallest absolute Gasteiger partial charge is 0.303 e. The Balaban J connectivity index is 3.41. The molecule has 0 fully saturated rings. The van der Waals surface area contributed by atoms with E-state index in [4.69, 9.17) is 5.11 Å². The van der Waals surface area contributed by atoms with Gasteiger partial charge >= 0.3 is 5.97 Å². The molecule has 0 aromatic rings. The van der Waals surface area contributed by atoms with E-state index in [1.807, 2.05) is 0 Å². The van der Waals surface area contributed by atoms with E-state index in [1.54, 1.807) is 0 Å². The van der Waals surface area contributed by atoms with Gasteiger partial charge in [-0.1, -0.05) is 109 Å². The molecule has 0 aromatic carbocycles. The van der Waals surface area contributed by atoms with Crippen LogP contribution in [-0.4, -0.2) is 36.1 Å². The van der Waals surface area contributed by atoms with Crippen LogP contribution < -0.4 is 0 Å². The summed E-state index contributed by atoms with van der Waals surface area (Å²) in [5.74, 6) is -0.662. The van der Waals surface area contributed by atoms with E-state index in [2.05, 4.69) is 38.1 Å². The predicted octanol–water partition coefficient (Wildman–Crippen LogP) is 9.16. The van der Waals surface area contributed by atoms with Crippen LogP contribution in [0.15, 0.2) is 12.2 Å². The number of unbranched alkanes of at least 4 members (excludes halogenated alkanes) is 16. The first-order valence-electron chi connectivity index (χ1n) is 14.1. The van der Waals surface area contributed by atoms with Gasteiger partial charge in [-0.2, -0.15) is 0 Å². The molecule has 0 heterocycles. The molecular weight excluding hydrogens is 394 g/mol. The van der Waals surface area contributed by atoms with E-state index in [0.717, 1.165) is 18.9 Å². The van der Waals surface area contributed by atoms with Gasteiger partial charge in [0.15, 0.2) is 0 Å². The van der Waals surface area contributed by atoms with Gasteiger partial charge < -0.3 is 10.0 Å². The maximum atomic E-state index is 10.4. The molecule has 3 heteroatoms. The first-order valence-corrected chi connectivity index (χ1v) is 14.1. The molecule has 0 saturated heterocycles. The molecule has 0 amide bonds. The van der Waals surface area contributed by atoms with Crippen molar-refractivity contribution in [3.63, 3.8) is 0 Å². The van der Waals surface area contributed by atoms with Crippen molar-refractivity contribution in [2.24, 2.45) is 0 Å². The highest BCUT2D eigenvalue weighted by Gasteiger charge is 2.10. The monoisotopic (exact) mass is 451 g/mol. The first-order chi connectivity index (χ1) is 15.6. The first kappa shape index (κ1) is 31.2. The third kappa shape index (κ3) is 23.8. The quantitative estimate of drug-likeness (QED) is 0.111. The lowest BCUT2D eigenvalue weighted by Crippen LogP contribution is -2.27. The van der Waals surface area contributed by atoms with E-state index < -0.39 is 5.97 Å². The van der Waals surface area contributed by atoms with Gasteiger partial charge in [0.05, 0.1) is 0 Å². The molecule has 32 heavy (non-hydrogen) atoms. The zero-order valence-electron chi connectivity index (χ0n) is 22.1. The summed E-state index contributed by atoms with van der Waals surface area (Å²) in [7, 11) is 4.52. The highest BCUT2D eigenvalue weighted by Crippen LogP contribution is 2.17. The number of aliphatic carboxylic acids is 1. The zero-order chi connectivity index (χ0) is 23.7. The van der Waals surface area contributed by atoms with Crippen LogP contribution in [0, 0.1) is 0 Å². The Morgan fingerprint density at radius 1 is 0.656 bits per heavy atom. The lowest BCUT2D eigenvalue weighted by molar-refractivity contribution is -0.137. The van der Waals surface area contributed by atoms with Crippen LogP contribution in [0.4, 0.5) is 0 Å². The predicted molar refractivity (Wildman–Crippen MR) is 141 cm³/mol. The summed E-state index contributed by atoms with van der Waals surface area (Å²) >= 11 is 0. The summed E-state index contributed by atoms with van der Waals surface area (Å²) in [4.78, 5) is 12.9. The Bertz CT molecular complexity index is 419. The number of hydrogen-bond acceptors (Lipinski definition) is 2. The number of hydrogen-bond donors (Lipinski definition) is 1. The molecule has 0 bridgehead atoms. The summed E-state index contributed by atoms with van der Waals surface area (Å²) in [5.41, 5.74) is 0. The molecule has 0 rings (SSSR count). The van der Waals surface area contributed by atoms with Crippen LogP contribution in [0.2, 0.25) is 0 Å². The zero-order valence-corrected chi connectivity index (χ0v) is 22.1. The van der Waals surface area contributed by atoms with Gasteiger partial charge in [0, 0.05) is 12.5 Å². The molecule has 3 nitrogen and oxygen atoms in total. The Morgan fingerprint density at radius 3 is 1.50 bits per heavy atom. The topological polar surface area (TPSA) is 40.5 Å². The molecule has 190 valence electrons. The Kier molecular flexibility index (Phi) is 24.2. The van der Waals surface area contributed by atoms with Gasteiger partial charge in [-0.25, -0.2) is 0 Å². The second kappa shape index (κ2) is 24.8. The van der Waals surface area contributed by atoms with E-state index in [0.29, 0.717) is 6.42 Å². The maximum absolute atomic E-state index is 10.4. The van der Waals surface area contributed by atoms with Crippen molar-refractivity contribution in [2.75, 3.05) is 14.1 Å². The Morgan fingerprint density at radius 2 is 1.06 bits per heavy atom. The van der Waals surface area contributed by atoms with Crippen molar-refractivity contribution in [3.8, 4) is 0 Å². The highest BCUT2D eigenvalue weighted by atomic mass is 16.4. The van der Waals surface area contributed by atoms with Gasteiger partial charge in [-0.3, -0.25) is 4.79 Å². The number of allylic oxidation sites excluding steroid dienone is 2. The van der Waals surface area contributed by atoms with Crippen molar-refractivity contribution in [3.05, 3.63) is 12.2 Å². The number of carbonyl (C=O) groups is 1. The summed E-state index contributed by atoms with van der Waals surface area (Å²) in [6.07, 6.45) is 32.5. The van der Waals surface area contributed by atoms with Crippen molar-refractivity contribution in [2.45, 2.75) is 154 Å². The molecular formula is C29H57NO2. The van der Waals surface area contributed by atoms with Crippen LogP contribution in [0.25, 0.3) is 0 Å². The SMILES string of the molecule is CCCCCCCCC(CCCCCCCC/C=C\CCCCCCCC(=O)O)N(C)C. The number of carboxylic acids is 1. The molecule has 0 aromatic heterocycles. The Labute approximate surface area is 201 Å². The van der Waals surface area contributed by atoms with Gasteiger partial charge in [0.1, 0.15) is 0 Å². The molecule has 0 aliphatic rings. The standard InChI is InChI=1S/C29H57NO2/c1-4-5-6-7-19-22-25-28(30(2)3)26-23-20-17-15-13-11-9-8-10-12-14-16-18-21-24-27-29(31)32/h8,10,28H,4-7,9,11-27H2,1-3H3,(H,31,32)/b10-8-. The lowest BCUT2D eigenvalue weighted by atomic mass is 9.99. The normalized spacial score (nSPS) is 12.8. The molecule has 1 unspecified atom stereocenters. The summed E-state index contributed by atoms with van der Waals surface area (Å²) in [6, 6.07) is 0.788. The maximum Gasteiger partial charge on any atom is 0.303 e. The fourth-order valence-corrected chi connectivity index (χ4v) is 4.47. The lowest BCUT2D eigenvalue weighted by Gasteiger charge is -2.24. The van der Waals surface area contributed by atoms with E-state index in [9.17, 15) is 4.79 Å². The average Bonchev–Trinajstić information content (AvgIpc) is 2.76. The van der Waals surface area contributed by atoms with Crippen LogP contribution in [0.1, 0.15) is 148 Å². The van der Waals surface area contributed by atoms with Crippen molar-refractivity contribution in [1.29, 1.82) is 0 Å². The second-order valence-corrected chi connectivity index (χ2v) is 10.0. The Hall–Kier alpha value is -0.830. The minimum atomic E-state index is -0.662. The number of rotatable bonds is 25. The van der Waals surface area contributed by atoms with E-state index in [1.165, 1.54) is 122 Å². The van der Waals surface area contributed by atoms with Gasteiger partial charge in [-0.15, -0.1) is 0 Å². The summed E-state index contributed by atoms with van der Waals surface area (Å²) in [6.45, 7) is 2.29. The van der Waals surface area contributed by atoms with Crippen molar-refractivity contribution < 1.29 is 9.90 Å². The molecule has 1 N–H and O–H groups in total. The third-order valence-corrected chi connectivity index (χ3v) is 6.71. The van der Waals surface area contributed by atoms with Gasteiger partial charge in [0.25, 0.3) is 0 Å². The van der Waals surface area contributed by atoms with Gasteiger partial charge in [0.2, 0.25) is 0 Å². The van der Waals surface area contributed by atoms with Gasteiger partial charge in [-0.05, 0) is 59.0 Å². The molecule has 0 aliphatic carbocycles. The van der Waals surface area contributed by atoms with Crippen molar-refractivity contribution in [1.82, 2.24) is 4.90 Å². The van der Waals surface area contributed by atoms with E-state index >= 15 is 0 Å². The number of nitrogens with zero attached hydrogens (tertiary/aromatic N) is 1. The molecule has 0 radical (unpaired) electrons. The van der Waals surface area contributed by atoms with Crippen LogP contribution >= 0.6 is 0 Å². The van der Waals surface area contributed by atoms with Crippen LogP contribution in [-0.2, 0) is 4.79 Å². The molecule has 0 spiro atoms. The minimum Gasteiger partial charge on any atom is -0.481 e. The highest BCUT2D eigenvalue weighted by molar-refractivity contribution is 5.66. The average molecular weight is 452 g/mol. The second-order valence-electron chi connectivity index (χ2n) is 10.0. The molecule has 0 aliphatic heterocycles. The van der Waals surface area contributed by atoms with Crippen LogP contribution in [0.5, 0.6) is 0 Å². The fourth-order valence-electron chi connectivity index (χ4n) is 4.47. The molecule has 1 atom stereocenters. The van der Waals surface area contributed by atoms with Crippen molar-refractivity contribution >= 4 is 5.97 Å². The number of carboxylic acid groups (broad SMARTS) is 1. The minimum absolute atomic E-state index is 0.329. The summed E-state index contributed by atoms with van der Waals surface area (Å²) in [5, 5.41) is 8.61.